The van der Waals surface area contributed by atoms with E-state index in [-0.39, 0.29) is 0 Å². The Kier molecular flexibility index (Phi) is 3.24. The van der Waals surface area contributed by atoms with E-state index in [1.807, 2.05) is 0 Å². The van der Waals surface area contributed by atoms with Crippen molar-refractivity contribution in [1.29, 1.82) is 0 Å². The highest BCUT2D eigenvalue weighted by atomic mass is 14.2. The fourth-order valence-electron chi connectivity index (χ4n) is 1.47. The van der Waals surface area contributed by atoms with E-state index in [1.54, 1.807) is 0 Å². The molecule has 1 saturated carbocycles. The lowest BCUT2D eigenvalue weighted by Gasteiger charge is -1.96. The lowest BCUT2D eigenvalue weighted by atomic mass is 10.1. The lowest BCUT2D eigenvalue weighted by molar-refractivity contribution is 0.856. The third kappa shape index (κ3) is 3.26. The topological polar surface area (TPSA) is 0 Å². The van der Waals surface area contributed by atoms with Gasteiger partial charge in [0.15, 0.2) is 0 Å². The molecular formula is C14H16. The van der Waals surface area contributed by atoms with Crippen molar-refractivity contribution in [2.45, 2.75) is 32.1 Å². The van der Waals surface area contributed by atoms with Crippen LogP contribution in [0.15, 0.2) is 30.3 Å². The molecule has 72 valence electrons. The van der Waals surface area contributed by atoms with Crippen LogP contribution < -0.4 is 0 Å². The average molecular weight is 184 g/mol. The minimum atomic E-state index is 0.756. The smallest absolute Gasteiger partial charge is 0.0203 e. The first-order chi connectivity index (χ1) is 6.95. The van der Waals surface area contributed by atoms with Gasteiger partial charge in [-0.05, 0) is 31.2 Å². The first-order valence-corrected chi connectivity index (χ1v) is 5.47. The van der Waals surface area contributed by atoms with Crippen molar-refractivity contribution in [3.8, 4) is 11.8 Å². The summed E-state index contributed by atoms with van der Waals surface area (Å²) in [6.07, 6.45) is 6.10. The Labute approximate surface area is 86.3 Å². The van der Waals surface area contributed by atoms with Gasteiger partial charge in [-0.25, -0.2) is 0 Å². The second-order valence-electron chi connectivity index (χ2n) is 3.93. The van der Waals surface area contributed by atoms with Crippen molar-refractivity contribution >= 4 is 0 Å². The Morgan fingerprint density at radius 3 is 2.64 bits per heavy atom. The van der Waals surface area contributed by atoms with E-state index < -0.39 is 0 Å². The molecule has 1 aromatic carbocycles. The molecule has 1 fully saturated rings. The number of hydrogen-bond donors (Lipinski definition) is 0. The first kappa shape index (κ1) is 9.34. The van der Waals surface area contributed by atoms with Crippen LogP contribution in [0.4, 0.5) is 0 Å². The number of aryl methyl sites for hydroxylation is 1. The molecule has 0 unspecified atom stereocenters. The molecule has 0 aliphatic heterocycles. The molecule has 1 aliphatic rings. The molecule has 0 spiro atoms. The van der Waals surface area contributed by atoms with Crippen LogP contribution in [0.5, 0.6) is 0 Å². The fourth-order valence-corrected chi connectivity index (χ4v) is 1.47. The van der Waals surface area contributed by atoms with Crippen LogP contribution in [0.1, 0.15) is 31.2 Å². The Morgan fingerprint density at radius 2 is 1.93 bits per heavy atom. The molecule has 0 saturated heterocycles. The molecule has 0 radical (unpaired) electrons. The molecule has 0 nitrogen and oxygen atoms in total. The van der Waals surface area contributed by atoms with Gasteiger partial charge < -0.3 is 0 Å². The van der Waals surface area contributed by atoms with Crippen molar-refractivity contribution in [1.82, 2.24) is 0 Å². The monoisotopic (exact) mass is 184 g/mol. The van der Waals surface area contributed by atoms with Gasteiger partial charge in [0.25, 0.3) is 0 Å². The second kappa shape index (κ2) is 4.86. The first-order valence-electron chi connectivity index (χ1n) is 5.47. The highest BCUT2D eigenvalue weighted by Gasteiger charge is 2.17. The molecule has 0 atom stereocenters. The van der Waals surface area contributed by atoms with Crippen LogP contribution in [0, 0.1) is 17.8 Å². The highest BCUT2D eigenvalue weighted by molar-refractivity contribution is 5.15. The van der Waals surface area contributed by atoms with E-state index in [2.05, 4.69) is 42.2 Å². The van der Waals surface area contributed by atoms with Gasteiger partial charge in [0.1, 0.15) is 0 Å². The molecule has 0 heterocycles. The summed E-state index contributed by atoms with van der Waals surface area (Å²) in [7, 11) is 0. The Balaban J connectivity index is 1.66. The van der Waals surface area contributed by atoms with E-state index in [0.29, 0.717) is 0 Å². The standard InChI is InChI=1S/C14H16/c1-3-7-13(8-4-1)9-5-2-6-10-14-11-12-14/h1,3-4,7-8,14H,2,5,9,11-12H2. The van der Waals surface area contributed by atoms with Gasteiger partial charge >= 0.3 is 0 Å². The maximum atomic E-state index is 3.29. The summed E-state index contributed by atoms with van der Waals surface area (Å²) in [6, 6.07) is 10.6. The largest absolute Gasteiger partial charge is 0.103 e. The zero-order valence-corrected chi connectivity index (χ0v) is 8.50. The van der Waals surface area contributed by atoms with E-state index >= 15 is 0 Å². The molecule has 0 N–H and O–H groups in total. The molecule has 0 bridgehead atoms. The summed E-state index contributed by atoms with van der Waals surface area (Å²) in [5.74, 6) is 7.32. The molecular weight excluding hydrogens is 168 g/mol. The summed E-state index contributed by atoms with van der Waals surface area (Å²) >= 11 is 0. The van der Waals surface area contributed by atoms with Gasteiger partial charge in [0, 0.05) is 12.3 Å². The maximum Gasteiger partial charge on any atom is 0.0203 e. The summed E-state index contributed by atoms with van der Waals surface area (Å²) in [5, 5.41) is 0. The number of benzene rings is 1. The summed E-state index contributed by atoms with van der Waals surface area (Å²) in [6.45, 7) is 0. The highest BCUT2D eigenvalue weighted by Crippen LogP contribution is 2.27. The van der Waals surface area contributed by atoms with Crippen molar-refractivity contribution in [2.75, 3.05) is 0 Å². The van der Waals surface area contributed by atoms with Gasteiger partial charge in [-0.15, -0.1) is 5.92 Å². The SMILES string of the molecule is C(#CC1CC1)CCCc1ccccc1. The lowest BCUT2D eigenvalue weighted by Crippen LogP contribution is -1.83. The van der Waals surface area contributed by atoms with Crippen LogP contribution in [0.25, 0.3) is 0 Å². The minimum absolute atomic E-state index is 0.756. The fraction of sp³-hybridized carbons (Fsp3) is 0.429. The number of hydrogen-bond acceptors (Lipinski definition) is 0. The normalized spacial score (nSPS) is 14.6. The zero-order chi connectivity index (χ0) is 9.64. The maximum absolute atomic E-state index is 3.29. The van der Waals surface area contributed by atoms with Gasteiger partial charge in [-0.1, -0.05) is 36.3 Å². The molecule has 2 rings (SSSR count). The number of rotatable bonds is 3. The van der Waals surface area contributed by atoms with Crippen LogP contribution in [0.2, 0.25) is 0 Å². The predicted octanol–water partition coefficient (Wildman–Crippen LogP) is 3.42. The van der Waals surface area contributed by atoms with Crippen molar-refractivity contribution < 1.29 is 0 Å². The molecule has 0 amide bonds. The summed E-state index contributed by atoms with van der Waals surface area (Å²) < 4.78 is 0. The quantitative estimate of drug-likeness (QED) is 0.499. The van der Waals surface area contributed by atoms with Gasteiger partial charge in [0.05, 0.1) is 0 Å². The zero-order valence-electron chi connectivity index (χ0n) is 8.50. The summed E-state index contributed by atoms with van der Waals surface area (Å²) in [4.78, 5) is 0. The van der Waals surface area contributed by atoms with E-state index in [1.165, 1.54) is 31.2 Å². The van der Waals surface area contributed by atoms with E-state index in [4.69, 9.17) is 0 Å². The summed E-state index contributed by atoms with van der Waals surface area (Å²) in [5.41, 5.74) is 1.43. The molecule has 0 heteroatoms. The van der Waals surface area contributed by atoms with Crippen molar-refractivity contribution in [3.05, 3.63) is 35.9 Å². The van der Waals surface area contributed by atoms with Crippen molar-refractivity contribution in [3.63, 3.8) is 0 Å². The molecule has 1 aromatic rings. The van der Waals surface area contributed by atoms with E-state index in [0.717, 1.165) is 12.3 Å². The van der Waals surface area contributed by atoms with Crippen LogP contribution in [-0.4, -0.2) is 0 Å². The van der Waals surface area contributed by atoms with Crippen LogP contribution >= 0.6 is 0 Å². The van der Waals surface area contributed by atoms with Crippen molar-refractivity contribution in [2.24, 2.45) is 5.92 Å². The Morgan fingerprint density at radius 1 is 1.14 bits per heavy atom. The Hall–Kier alpha value is -1.22. The Bertz CT molecular complexity index is 322. The molecule has 14 heavy (non-hydrogen) atoms. The second-order valence-corrected chi connectivity index (χ2v) is 3.93. The number of unbranched alkanes of at least 4 members (excludes halogenated alkanes) is 1. The molecule has 1 aliphatic carbocycles. The third-order valence-electron chi connectivity index (χ3n) is 2.49. The van der Waals surface area contributed by atoms with Crippen LogP contribution in [0.3, 0.4) is 0 Å². The van der Waals surface area contributed by atoms with Gasteiger partial charge in [-0.3, -0.25) is 0 Å². The predicted molar refractivity (Wildman–Crippen MR) is 59.9 cm³/mol. The molecule has 0 aromatic heterocycles. The third-order valence-corrected chi connectivity index (χ3v) is 2.49. The minimum Gasteiger partial charge on any atom is -0.103 e. The van der Waals surface area contributed by atoms with Gasteiger partial charge in [-0.2, -0.15) is 0 Å². The van der Waals surface area contributed by atoms with Crippen LogP contribution in [-0.2, 0) is 6.42 Å². The van der Waals surface area contributed by atoms with E-state index in [9.17, 15) is 0 Å². The average Bonchev–Trinajstić information content (AvgIpc) is 3.03. The van der Waals surface area contributed by atoms with Gasteiger partial charge in [0.2, 0.25) is 0 Å².